The summed E-state index contributed by atoms with van der Waals surface area (Å²) in [5.41, 5.74) is 4.49. The zero-order valence-electron chi connectivity index (χ0n) is 19.0. The van der Waals surface area contributed by atoms with Crippen LogP contribution in [-0.4, -0.2) is 51.8 Å². The summed E-state index contributed by atoms with van der Waals surface area (Å²) in [5, 5.41) is 7.25. The monoisotopic (exact) mass is 433 g/mol. The van der Waals surface area contributed by atoms with Crippen LogP contribution in [0.15, 0.2) is 54.7 Å². The summed E-state index contributed by atoms with van der Waals surface area (Å²) in [6.07, 6.45) is 2.35. The van der Waals surface area contributed by atoms with Gasteiger partial charge in [-0.2, -0.15) is 5.10 Å². The summed E-state index contributed by atoms with van der Waals surface area (Å²) < 4.78 is 7.82. The van der Waals surface area contributed by atoms with Gasteiger partial charge in [-0.1, -0.05) is 30.3 Å². The first-order chi connectivity index (χ1) is 15.5. The van der Waals surface area contributed by atoms with Gasteiger partial charge in [-0.15, -0.1) is 0 Å². The summed E-state index contributed by atoms with van der Waals surface area (Å²) in [4.78, 5) is 19.6. The highest BCUT2D eigenvalue weighted by molar-refractivity contribution is 5.91. The van der Waals surface area contributed by atoms with Crippen molar-refractivity contribution in [2.75, 3.05) is 31.6 Å². The minimum atomic E-state index is -0.144. The Morgan fingerprint density at radius 1 is 1.19 bits per heavy atom. The fourth-order valence-electron chi connectivity index (χ4n) is 4.01. The number of amides is 1. The summed E-state index contributed by atoms with van der Waals surface area (Å²) in [6.45, 7) is 8.44. The van der Waals surface area contributed by atoms with Crippen LogP contribution in [0.3, 0.4) is 0 Å². The van der Waals surface area contributed by atoms with Crippen LogP contribution in [0.1, 0.15) is 48.5 Å². The van der Waals surface area contributed by atoms with Crippen LogP contribution in [0.25, 0.3) is 0 Å². The van der Waals surface area contributed by atoms with Crippen LogP contribution in [0.2, 0.25) is 0 Å². The largest absolute Gasteiger partial charge is 0.369 e. The number of hydrogen-bond donors (Lipinski definition) is 1. The van der Waals surface area contributed by atoms with E-state index >= 15 is 0 Å². The van der Waals surface area contributed by atoms with Crippen molar-refractivity contribution in [2.24, 2.45) is 0 Å². The van der Waals surface area contributed by atoms with Crippen molar-refractivity contribution in [1.29, 1.82) is 0 Å². The van der Waals surface area contributed by atoms with Crippen molar-refractivity contribution in [3.8, 4) is 0 Å². The van der Waals surface area contributed by atoms with E-state index in [1.165, 1.54) is 11.1 Å². The minimum absolute atomic E-state index is 0.0469. The molecule has 0 saturated carbocycles. The highest BCUT2D eigenvalue weighted by Crippen LogP contribution is 2.22. The Hall–Kier alpha value is -3.03. The van der Waals surface area contributed by atoms with E-state index in [-0.39, 0.29) is 18.1 Å². The van der Waals surface area contributed by atoms with Crippen LogP contribution >= 0.6 is 0 Å². The first kappa shape index (κ1) is 22.2. The molecule has 168 valence electrons. The SMILES string of the molecule is Cc1ccccc1Cc1cccc(C2CN(CC(=O)Nc3ccnn3C(C)C)CCO2)n1. The molecule has 7 nitrogen and oxygen atoms in total. The van der Waals surface area contributed by atoms with Crippen LogP contribution in [0, 0.1) is 6.92 Å². The number of nitrogens with zero attached hydrogens (tertiary/aromatic N) is 4. The van der Waals surface area contributed by atoms with E-state index in [1.54, 1.807) is 6.20 Å². The second-order valence-electron chi connectivity index (χ2n) is 8.55. The van der Waals surface area contributed by atoms with E-state index in [0.717, 1.165) is 30.2 Å². The van der Waals surface area contributed by atoms with Crippen LogP contribution in [-0.2, 0) is 16.0 Å². The Balaban J connectivity index is 1.38. The molecule has 3 aromatic rings. The number of ether oxygens (including phenoxy) is 1. The van der Waals surface area contributed by atoms with Crippen LogP contribution in [0.4, 0.5) is 5.82 Å². The van der Waals surface area contributed by atoms with Gasteiger partial charge in [0.25, 0.3) is 0 Å². The molecule has 1 atom stereocenters. The third-order valence-corrected chi connectivity index (χ3v) is 5.74. The Kier molecular flexibility index (Phi) is 6.97. The van der Waals surface area contributed by atoms with E-state index in [0.29, 0.717) is 19.7 Å². The zero-order chi connectivity index (χ0) is 22.5. The lowest BCUT2D eigenvalue weighted by atomic mass is 10.0. The third-order valence-electron chi connectivity index (χ3n) is 5.74. The number of benzene rings is 1. The molecule has 1 saturated heterocycles. The number of anilines is 1. The second-order valence-corrected chi connectivity index (χ2v) is 8.55. The van der Waals surface area contributed by atoms with E-state index in [4.69, 9.17) is 9.72 Å². The van der Waals surface area contributed by atoms with Crippen LogP contribution < -0.4 is 5.32 Å². The van der Waals surface area contributed by atoms with Crippen molar-refractivity contribution >= 4 is 11.7 Å². The molecular formula is C25H31N5O2. The first-order valence-corrected chi connectivity index (χ1v) is 11.2. The quantitative estimate of drug-likeness (QED) is 0.614. The van der Waals surface area contributed by atoms with E-state index in [2.05, 4.69) is 52.6 Å². The average molecular weight is 434 g/mol. The molecule has 32 heavy (non-hydrogen) atoms. The first-order valence-electron chi connectivity index (χ1n) is 11.2. The highest BCUT2D eigenvalue weighted by Gasteiger charge is 2.25. The van der Waals surface area contributed by atoms with E-state index < -0.39 is 0 Å². The smallest absolute Gasteiger partial charge is 0.239 e. The molecule has 1 fully saturated rings. The van der Waals surface area contributed by atoms with Crippen molar-refractivity contribution in [2.45, 2.75) is 39.3 Å². The van der Waals surface area contributed by atoms with Gasteiger partial charge in [0.05, 0.1) is 25.0 Å². The number of hydrogen-bond acceptors (Lipinski definition) is 5. The van der Waals surface area contributed by atoms with Crippen molar-refractivity contribution in [1.82, 2.24) is 19.7 Å². The predicted molar refractivity (Wildman–Crippen MR) is 125 cm³/mol. The van der Waals surface area contributed by atoms with Gasteiger partial charge < -0.3 is 10.1 Å². The number of pyridine rings is 1. The molecule has 3 heterocycles. The van der Waals surface area contributed by atoms with Gasteiger partial charge in [-0.25, -0.2) is 4.68 Å². The lowest BCUT2D eigenvalue weighted by Gasteiger charge is -2.32. The van der Waals surface area contributed by atoms with Crippen molar-refractivity contribution < 1.29 is 9.53 Å². The maximum atomic E-state index is 12.6. The molecule has 2 aromatic heterocycles. The molecule has 0 spiro atoms. The predicted octanol–water partition coefficient (Wildman–Crippen LogP) is 3.77. The molecule has 0 aliphatic carbocycles. The number of rotatable bonds is 7. The van der Waals surface area contributed by atoms with Gasteiger partial charge >= 0.3 is 0 Å². The number of aryl methyl sites for hydroxylation is 1. The average Bonchev–Trinajstić information content (AvgIpc) is 3.24. The van der Waals surface area contributed by atoms with Gasteiger partial charge in [-0.05, 0) is 44.0 Å². The fraction of sp³-hybridized carbons (Fsp3) is 0.400. The summed E-state index contributed by atoms with van der Waals surface area (Å²) in [5.74, 6) is 0.676. The van der Waals surface area contributed by atoms with Gasteiger partial charge in [0.1, 0.15) is 11.9 Å². The number of nitrogens with one attached hydrogen (secondary N) is 1. The standard InChI is InChI=1S/C25H31N5O2/c1-18(2)30-24(11-12-26-30)28-25(31)17-29-13-14-32-23(16-29)22-10-6-9-21(27-22)15-20-8-5-4-7-19(20)3/h4-12,18,23H,13-17H2,1-3H3,(H,28,31). The van der Waals surface area contributed by atoms with E-state index in [1.807, 2.05) is 36.7 Å². The van der Waals surface area contributed by atoms with Gasteiger partial charge in [0.2, 0.25) is 5.91 Å². The van der Waals surface area contributed by atoms with Crippen molar-refractivity contribution in [3.63, 3.8) is 0 Å². The van der Waals surface area contributed by atoms with Crippen LogP contribution in [0.5, 0.6) is 0 Å². The minimum Gasteiger partial charge on any atom is -0.369 e. The molecule has 7 heteroatoms. The van der Waals surface area contributed by atoms with Gasteiger partial charge in [0.15, 0.2) is 0 Å². The lowest BCUT2D eigenvalue weighted by Crippen LogP contribution is -2.43. The highest BCUT2D eigenvalue weighted by atomic mass is 16.5. The zero-order valence-corrected chi connectivity index (χ0v) is 19.0. The number of aromatic nitrogens is 3. The summed E-state index contributed by atoms with van der Waals surface area (Å²) in [6, 6.07) is 16.5. The van der Waals surface area contributed by atoms with E-state index in [9.17, 15) is 4.79 Å². The second kappa shape index (κ2) is 10.1. The molecular weight excluding hydrogens is 402 g/mol. The number of carbonyl (C=O) groups excluding carboxylic acids is 1. The molecule has 1 aliphatic heterocycles. The molecule has 1 aliphatic rings. The Morgan fingerprint density at radius 2 is 2.03 bits per heavy atom. The molecule has 4 rings (SSSR count). The molecule has 1 unspecified atom stereocenters. The number of morpholine rings is 1. The van der Waals surface area contributed by atoms with Gasteiger partial charge in [0, 0.05) is 37.3 Å². The number of carbonyl (C=O) groups is 1. The maximum absolute atomic E-state index is 12.6. The normalized spacial score (nSPS) is 16.9. The Morgan fingerprint density at radius 3 is 2.84 bits per heavy atom. The van der Waals surface area contributed by atoms with Crippen molar-refractivity contribution in [3.05, 3.63) is 77.2 Å². The topological polar surface area (TPSA) is 72.3 Å². The summed E-state index contributed by atoms with van der Waals surface area (Å²) in [7, 11) is 0. The maximum Gasteiger partial charge on any atom is 0.239 e. The molecule has 1 aromatic carbocycles. The Labute approximate surface area is 189 Å². The lowest BCUT2D eigenvalue weighted by molar-refractivity contribution is -0.119. The summed E-state index contributed by atoms with van der Waals surface area (Å²) >= 11 is 0. The molecule has 0 radical (unpaired) electrons. The Bertz CT molecular complexity index is 1060. The third kappa shape index (κ3) is 5.41. The molecule has 1 N–H and O–H groups in total. The fourth-order valence-corrected chi connectivity index (χ4v) is 4.01. The van der Waals surface area contributed by atoms with Gasteiger partial charge in [-0.3, -0.25) is 14.7 Å². The molecule has 1 amide bonds. The molecule has 0 bridgehead atoms.